The predicted molar refractivity (Wildman–Crippen MR) is 132 cm³/mol. The van der Waals surface area contributed by atoms with Crippen molar-refractivity contribution in [1.82, 2.24) is 45.7 Å². The molecule has 5 rings (SSSR count). The first-order chi connectivity index (χ1) is 16.4. The Kier molecular flexibility index (Phi) is 13.1. The number of rotatable bonds is 0. The molecule has 0 N–H and O–H groups in total. The molecule has 0 spiro atoms. The molecule has 0 aliphatic carbocycles. The molecule has 0 saturated heterocycles. The first kappa shape index (κ1) is 29.6. The van der Waals surface area contributed by atoms with Crippen LogP contribution in [0.2, 0.25) is 0 Å². The van der Waals surface area contributed by atoms with Gasteiger partial charge in [-0.1, -0.05) is 10.3 Å². The Morgan fingerprint density at radius 1 is 0.543 bits per heavy atom. The first-order valence-electron chi connectivity index (χ1n) is 10.4. The van der Waals surface area contributed by atoms with Crippen LogP contribution in [0.5, 0.6) is 0 Å². The molecule has 0 unspecified atom stereocenters. The second-order valence-electron chi connectivity index (χ2n) is 6.89. The minimum atomic E-state index is 0.623. The van der Waals surface area contributed by atoms with Gasteiger partial charge in [0, 0.05) is 38.8 Å². The highest BCUT2D eigenvalue weighted by atomic mass is 32.1. The maximum absolute atomic E-state index is 4.86. The topological polar surface area (TPSA) is 155 Å². The van der Waals surface area contributed by atoms with Gasteiger partial charge in [-0.15, -0.1) is 43.1 Å². The number of hydrogen-bond acceptors (Lipinski definition) is 14. The third kappa shape index (κ3) is 14.5. The smallest absolute Gasteiger partial charge is 0.223 e. The molecule has 0 aliphatic heterocycles. The molecule has 0 fully saturated rings. The zero-order valence-corrected chi connectivity index (χ0v) is 23.3. The van der Waals surface area contributed by atoms with E-state index in [9.17, 15) is 0 Å². The number of nitrogens with zero attached hydrogens (tertiary/aromatic N) is 9. The number of aryl methyl sites for hydroxylation is 10. The van der Waals surface area contributed by atoms with Crippen molar-refractivity contribution in [2.24, 2.45) is 0 Å². The molecule has 12 nitrogen and oxygen atoms in total. The molecule has 35 heavy (non-hydrogen) atoms. The summed E-state index contributed by atoms with van der Waals surface area (Å²) in [5.41, 5.74) is 0. The highest BCUT2D eigenvalue weighted by Crippen LogP contribution is 2.07. The van der Waals surface area contributed by atoms with E-state index in [1.165, 1.54) is 4.88 Å². The molecule has 5 aromatic heterocycles. The summed E-state index contributed by atoms with van der Waals surface area (Å²) < 4.78 is 14.1. The molecule has 0 bridgehead atoms. The average Bonchev–Trinajstić information content (AvgIpc) is 3.59. The summed E-state index contributed by atoms with van der Waals surface area (Å²) in [6, 6.07) is 0. The van der Waals surface area contributed by atoms with Crippen molar-refractivity contribution in [3.8, 4) is 0 Å². The SMILES string of the molecule is Cc1cnc(C)s1.Cc1nnc(C)o1.Cc1nnc(C)s1.Cc1noc(C)n1.Cc1noc(C)n1. The summed E-state index contributed by atoms with van der Waals surface area (Å²) in [5, 5.41) is 25.1. The summed E-state index contributed by atoms with van der Waals surface area (Å²) in [7, 11) is 0. The summed E-state index contributed by atoms with van der Waals surface area (Å²) in [5.74, 6) is 3.88. The van der Waals surface area contributed by atoms with Crippen LogP contribution in [0.4, 0.5) is 0 Å². The Labute approximate surface area is 212 Å². The second-order valence-corrected chi connectivity index (χ2v) is 9.72. The van der Waals surface area contributed by atoms with E-state index in [4.69, 9.17) is 4.42 Å². The van der Waals surface area contributed by atoms with Gasteiger partial charge in [0.1, 0.15) is 10.0 Å². The van der Waals surface area contributed by atoms with Gasteiger partial charge in [-0.05, 0) is 41.5 Å². The molecule has 0 aromatic carbocycles. The number of hydrogen-bond donors (Lipinski definition) is 0. The Morgan fingerprint density at radius 2 is 1.00 bits per heavy atom. The van der Waals surface area contributed by atoms with Crippen molar-refractivity contribution in [3.63, 3.8) is 0 Å². The van der Waals surface area contributed by atoms with Crippen LogP contribution in [0, 0.1) is 69.2 Å². The van der Waals surface area contributed by atoms with Crippen LogP contribution in [0.1, 0.15) is 55.1 Å². The summed E-state index contributed by atoms with van der Waals surface area (Å²) in [6.07, 6.45) is 1.89. The quantitative estimate of drug-likeness (QED) is 0.270. The molecule has 5 aromatic rings. The molecule has 14 heteroatoms. The largest absolute Gasteiger partial charge is 0.426 e. The van der Waals surface area contributed by atoms with Gasteiger partial charge in [0.05, 0.1) is 5.01 Å². The van der Waals surface area contributed by atoms with E-state index < -0.39 is 0 Å². The molecule has 0 atom stereocenters. The van der Waals surface area contributed by atoms with Gasteiger partial charge in [0.25, 0.3) is 0 Å². The van der Waals surface area contributed by atoms with Crippen molar-refractivity contribution < 1.29 is 13.5 Å². The van der Waals surface area contributed by atoms with Gasteiger partial charge in [-0.3, -0.25) is 0 Å². The van der Waals surface area contributed by atoms with Crippen LogP contribution in [0.15, 0.2) is 19.7 Å². The monoisotopic (exact) mass is 521 g/mol. The molecule has 0 saturated carbocycles. The third-order valence-corrected chi connectivity index (χ3v) is 4.83. The average molecular weight is 522 g/mol. The van der Waals surface area contributed by atoms with E-state index in [-0.39, 0.29) is 0 Å². The van der Waals surface area contributed by atoms with Crippen molar-refractivity contribution in [2.45, 2.75) is 69.2 Å². The zero-order chi connectivity index (χ0) is 26.4. The van der Waals surface area contributed by atoms with E-state index in [1.807, 2.05) is 27.0 Å². The first-order valence-corrected chi connectivity index (χ1v) is 12.0. The molecule has 0 amide bonds. The lowest BCUT2D eigenvalue weighted by atomic mass is 10.6. The number of aromatic nitrogens is 9. The van der Waals surface area contributed by atoms with Crippen molar-refractivity contribution in [3.05, 3.63) is 61.3 Å². The lowest BCUT2D eigenvalue weighted by molar-refractivity contribution is 0.389. The minimum absolute atomic E-state index is 0.623. The van der Waals surface area contributed by atoms with Crippen LogP contribution >= 0.6 is 22.7 Å². The van der Waals surface area contributed by atoms with E-state index in [1.54, 1.807) is 64.2 Å². The van der Waals surface area contributed by atoms with Gasteiger partial charge < -0.3 is 13.5 Å². The fraction of sp³-hybridized carbons (Fsp3) is 0.476. The van der Waals surface area contributed by atoms with Gasteiger partial charge in [0.15, 0.2) is 11.6 Å². The van der Waals surface area contributed by atoms with E-state index in [2.05, 4.69) is 61.6 Å². The fourth-order valence-corrected chi connectivity index (χ4v) is 3.33. The van der Waals surface area contributed by atoms with Crippen LogP contribution in [0.25, 0.3) is 0 Å². The van der Waals surface area contributed by atoms with Crippen LogP contribution in [0.3, 0.4) is 0 Å². The maximum atomic E-state index is 4.86. The zero-order valence-electron chi connectivity index (χ0n) is 21.6. The third-order valence-electron chi connectivity index (χ3n) is 3.25. The van der Waals surface area contributed by atoms with E-state index >= 15 is 0 Å². The summed E-state index contributed by atoms with van der Waals surface area (Å²) in [4.78, 5) is 13.0. The van der Waals surface area contributed by atoms with Crippen molar-refractivity contribution >= 4 is 22.7 Å². The van der Waals surface area contributed by atoms with Crippen LogP contribution in [-0.4, -0.2) is 45.7 Å². The highest BCUT2D eigenvalue weighted by Gasteiger charge is 1.91. The molecular formula is C21H31N9O3S2. The normalized spacial score (nSPS) is 9.43. The lowest BCUT2D eigenvalue weighted by Crippen LogP contribution is -1.70. The van der Waals surface area contributed by atoms with Gasteiger partial charge >= 0.3 is 0 Å². The standard InChI is InChI=1S/C5H7NS.3C4H6N2O.C4H6N2S/c1-4-3-6-5(2)7-4;1-3-5-6-4(2)7-3;2*1-3-5-4(2)7-6-3;1-3-5-6-4(2)7-3/h3H,1-2H3;4*1-2H3. The molecule has 0 radical (unpaired) electrons. The minimum Gasteiger partial charge on any atom is -0.426 e. The lowest BCUT2D eigenvalue weighted by Gasteiger charge is -1.70. The number of thiazole rings is 1. The van der Waals surface area contributed by atoms with E-state index in [0.717, 1.165) is 15.0 Å². The summed E-state index contributed by atoms with van der Waals surface area (Å²) >= 11 is 3.35. The summed E-state index contributed by atoms with van der Waals surface area (Å²) in [6.45, 7) is 18.6. The molecule has 190 valence electrons. The van der Waals surface area contributed by atoms with E-state index in [0.29, 0.717) is 35.2 Å². The predicted octanol–water partition coefficient (Wildman–Crippen LogP) is 4.97. The van der Waals surface area contributed by atoms with Crippen LogP contribution in [-0.2, 0) is 0 Å². The Bertz CT molecular complexity index is 936. The van der Waals surface area contributed by atoms with Crippen molar-refractivity contribution in [2.75, 3.05) is 0 Å². The molecule has 0 aliphatic rings. The van der Waals surface area contributed by atoms with Gasteiger partial charge in [-0.2, -0.15) is 9.97 Å². The maximum Gasteiger partial charge on any atom is 0.223 e. The molecule has 5 heterocycles. The highest BCUT2D eigenvalue weighted by molar-refractivity contribution is 7.11. The Hall–Kier alpha value is -3.39. The van der Waals surface area contributed by atoms with Gasteiger partial charge in [0.2, 0.25) is 23.6 Å². The second kappa shape index (κ2) is 15.5. The Balaban J connectivity index is 0.000000219. The fourth-order valence-electron chi connectivity index (χ4n) is 2.06. The van der Waals surface area contributed by atoms with Gasteiger partial charge in [-0.25, -0.2) is 4.98 Å². The van der Waals surface area contributed by atoms with Crippen LogP contribution < -0.4 is 0 Å². The Morgan fingerprint density at radius 3 is 1.11 bits per heavy atom. The van der Waals surface area contributed by atoms with Crippen molar-refractivity contribution in [1.29, 1.82) is 0 Å². The molecular weight excluding hydrogens is 490 g/mol.